The van der Waals surface area contributed by atoms with E-state index < -0.39 is 23.5 Å². The van der Waals surface area contributed by atoms with Gasteiger partial charge in [-0.1, -0.05) is 6.92 Å². The summed E-state index contributed by atoms with van der Waals surface area (Å²) in [4.78, 5) is 23.2. The van der Waals surface area contributed by atoms with Gasteiger partial charge in [0.05, 0.1) is 24.8 Å². The van der Waals surface area contributed by atoms with Crippen molar-refractivity contribution in [2.45, 2.75) is 38.8 Å². The molecule has 0 aliphatic carbocycles. The lowest BCUT2D eigenvalue weighted by molar-refractivity contribution is -0.140. The molecule has 0 N–H and O–H groups in total. The average Bonchev–Trinajstić information content (AvgIpc) is 2.51. The van der Waals surface area contributed by atoms with Crippen molar-refractivity contribution in [3.63, 3.8) is 0 Å². The Kier molecular flexibility index (Phi) is 7.06. The number of ether oxygens (including phenoxy) is 2. The van der Waals surface area contributed by atoms with Gasteiger partial charge in [0, 0.05) is 12.8 Å². The summed E-state index contributed by atoms with van der Waals surface area (Å²) in [5, 5.41) is 0. The SMILES string of the molecule is CCCOc1ccc(C(F)(F)F)cc1C(=O)CCCC(=O)OC. The number of alkyl halides is 3. The lowest BCUT2D eigenvalue weighted by Gasteiger charge is -2.13. The lowest BCUT2D eigenvalue weighted by Crippen LogP contribution is -2.11. The summed E-state index contributed by atoms with van der Waals surface area (Å²) < 4.78 is 48.2. The number of carbonyl (C=O) groups is 2. The molecule has 0 atom stereocenters. The fraction of sp³-hybridized carbons (Fsp3) is 0.500. The predicted octanol–water partition coefficient (Wildman–Crippen LogP) is 4.02. The van der Waals surface area contributed by atoms with Crippen LogP contribution >= 0.6 is 0 Å². The van der Waals surface area contributed by atoms with Crippen LogP contribution in [0, 0.1) is 0 Å². The van der Waals surface area contributed by atoms with Gasteiger partial charge in [-0.2, -0.15) is 13.2 Å². The number of rotatable bonds is 8. The van der Waals surface area contributed by atoms with Crippen molar-refractivity contribution in [3.8, 4) is 5.75 Å². The number of hydrogen-bond acceptors (Lipinski definition) is 4. The highest BCUT2D eigenvalue weighted by Gasteiger charge is 2.32. The Morgan fingerprint density at radius 1 is 1.17 bits per heavy atom. The van der Waals surface area contributed by atoms with Gasteiger partial charge in [-0.05, 0) is 31.0 Å². The summed E-state index contributed by atoms with van der Waals surface area (Å²) >= 11 is 0. The quantitative estimate of drug-likeness (QED) is 0.533. The molecule has 0 fully saturated rings. The summed E-state index contributed by atoms with van der Waals surface area (Å²) in [7, 11) is 1.23. The molecule has 0 aliphatic heterocycles. The van der Waals surface area contributed by atoms with Gasteiger partial charge < -0.3 is 9.47 Å². The molecule has 1 aromatic rings. The van der Waals surface area contributed by atoms with E-state index in [0.29, 0.717) is 13.0 Å². The Balaban J connectivity index is 2.94. The summed E-state index contributed by atoms with van der Waals surface area (Å²) in [5.74, 6) is -0.835. The topological polar surface area (TPSA) is 52.6 Å². The van der Waals surface area contributed by atoms with Gasteiger partial charge in [0.25, 0.3) is 0 Å². The minimum atomic E-state index is -4.54. The maximum Gasteiger partial charge on any atom is 0.416 e. The number of methoxy groups -OCH3 is 1. The van der Waals surface area contributed by atoms with Gasteiger partial charge in [-0.15, -0.1) is 0 Å². The highest BCUT2D eigenvalue weighted by atomic mass is 19.4. The van der Waals surface area contributed by atoms with E-state index in [2.05, 4.69) is 4.74 Å². The van der Waals surface area contributed by atoms with Crippen LogP contribution in [0.1, 0.15) is 48.5 Å². The van der Waals surface area contributed by atoms with Crippen molar-refractivity contribution in [2.75, 3.05) is 13.7 Å². The monoisotopic (exact) mass is 332 g/mol. The van der Waals surface area contributed by atoms with E-state index in [1.54, 1.807) is 0 Å². The van der Waals surface area contributed by atoms with Crippen molar-refractivity contribution in [1.82, 2.24) is 0 Å². The van der Waals surface area contributed by atoms with Crippen molar-refractivity contribution in [1.29, 1.82) is 0 Å². The molecule has 23 heavy (non-hydrogen) atoms. The normalized spacial score (nSPS) is 11.2. The Hall–Kier alpha value is -2.05. The summed E-state index contributed by atoms with van der Waals surface area (Å²) in [6, 6.07) is 2.84. The van der Waals surface area contributed by atoms with Crippen LogP contribution in [0.4, 0.5) is 13.2 Å². The number of Topliss-reactive ketones (excluding diaryl/α,β-unsaturated/α-hetero) is 1. The van der Waals surface area contributed by atoms with E-state index in [0.717, 1.165) is 18.2 Å². The van der Waals surface area contributed by atoms with E-state index in [-0.39, 0.29) is 30.6 Å². The molecule has 0 aromatic heterocycles. The summed E-state index contributed by atoms with van der Waals surface area (Å²) in [6.07, 6.45) is -3.69. The van der Waals surface area contributed by atoms with Crippen LogP contribution in [-0.2, 0) is 15.7 Å². The van der Waals surface area contributed by atoms with Crippen LogP contribution in [0.15, 0.2) is 18.2 Å². The molecule has 0 heterocycles. The van der Waals surface area contributed by atoms with Crippen molar-refractivity contribution < 1.29 is 32.2 Å². The molecule has 0 aliphatic rings. The van der Waals surface area contributed by atoms with Crippen LogP contribution in [0.25, 0.3) is 0 Å². The highest BCUT2D eigenvalue weighted by molar-refractivity contribution is 5.99. The second-order valence-electron chi connectivity index (χ2n) is 4.91. The zero-order valence-electron chi connectivity index (χ0n) is 13.0. The van der Waals surface area contributed by atoms with E-state index in [4.69, 9.17) is 4.74 Å². The third kappa shape index (κ3) is 5.92. The highest BCUT2D eigenvalue weighted by Crippen LogP contribution is 2.33. The molecule has 4 nitrogen and oxygen atoms in total. The molecule has 7 heteroatoms. The van der Waals surface area contributed by atoms with Crippen LogP contribution in [0.5, 0.6) is 5.75 Å². The second-order valence-corrected chi connectivity index (χ2v) is 4.91. The van der Waals surface area contributed by atoms with E-state index in [1.165, 1.54) is 7.11 Å². The first-order valence-corrected chi connectivity index (χ1v) is 7.23. The second kappa shape index (κ2) is 8.55. The van der Waals surface area contributed by atoms with E-state index in [9.17, 15) is 22.8 Å². The first-order chi connectivity index (χ1) is 10.8. The van der Waals surface area contributed by atoms with Crippen LogP contribution in [0.2, 0.25) is 0 Å². The minimum absolute atomic E-state index is 0.0341. The Labute approximate surface area is 132 Å². The molecule has 0 spiro atoms. The molecular weight excluding hydrogens is 313 g/mol. The Bertz CT molecular complexity index is 553. The maximum absolute atomic E-state index is 12.8. The number of hydrogen-bond donors (Lipinski definition) is 0. The number of carbonyl (C=O) groups excluding carboxylic acids is 2. The van der Waals surface area contributed by atoms with Crippen molar-refractivity contribution in [2.24, 2.45) is 0 Å². The molecular formula is C16H19F3O4. The number of esters is 1. The fourth-order valence-electron chi connectivity index (χ4n) is 1.89. The molecule has 0 saturated heterocycles. The van der Waals surface area contributed by atoms with Gasteiger partial charge in [0.1, 0.15) is 5.75 Å². The molecule has 0 amide bonds. The van der Waals surface area contributed by atoms with Gasteiger partial charge in [0.15, 0.2) is 5.78 Å². The summed E-state index contributed by atoms with van der Waals surface area (Å²) in [6.45, 7) is 2.15. The van der Waals surface area contributed by atoms with Crippen LogP contribution in [-0.4, -0.2) is 25.5 Å². The molecule has 0 saturated carbocycles. The molecule has 0 bridgehead atoms. The molecule has 0 radical (unpaired) electrons. The number of halogens is 3. The third-order valence-electron chi connectivity index (χ3n) is 3.08. The number of ketones is 1. The van der Waals surface area contributed by atoms with Gasteiger partial charge in [0.2, 0.25) is 0 Å². The van der Waals surface area contributed by atoms with Crippen molar-refractivity contribution in [3.05, 3.63) is 29.3 Å². The summed E-state index contributed by atoms with van der Waals surface area (Å²) in [5.41, 5.74) is -1.02. The first-order valence-electron chi connectivity index (χ1n) is 7.23. The lowest BCUT2D eigenvalue weighted by atomic mass is 10.0. The Morgan fingerprint density at radius 3 is 2.43 bits per heavy atom. The third-order valence-corrected chi connectivity index (χ3v) is 3.08. The largest absolute Gasteiger partial charge is 0.493 e. The fourth-order valence-corrected chi connectivity index (χ4v) is 1.89. The number of benzene rings is 1. The maximum atomic E-state index is 12.8. The Morgan fingerprint density at radius 2 is 1.87 bits per heavy atom. The standard InChI is InChI=1S/C16H19F3O4/c1-3-9-23-14-8-7-11(16(17,18)19)10-12(14)13(20)5-4-6-15(21)22-2/h7-8,10H,3-6,9H2,1-2H3. The van der Waals surface area contributed by atoms with E-state index >= 15 is 0 Å². The van der Waals surface area contributed by atoms with Gasteiger partial charge in [-0.3, -0.25) is 9.59 Å². The zero-order valence-corrected chi connectivity index (χ0v) is 13.0. The molecule has 0 unspecified atom stereocenters. The molecule has 1 rings (SSSR count). The first kappa shape index (κ1) is 19.0. The van der Waals surface area contributed by atoms with Gasteiger partial charge >= 0.3 is 12.1 Å². The zero-order chi connectivity index (χ0) is 17.5. The van der Waals surface area contributed by atoms with Crippen molar-refractivity contribution >= 4 is 11.8 Å². The van der Waals surface area contributed by atoms with E-state index in [1.807, 2.05) is 6.92 Å². The average molecular weight is 332 g/mol. The molecule has 128 valence electrons. The smallest absolute Gasteiger partial charge is 0.416 e. The molecule has 1 aromatic carbocycles. The predicted molar refractivity (Wildman–Crippen MR) is 77.4 cm³/mol. The minimum Gasteiger partial charge on any atom is -0.493 e. The van der Waals surface area contributed by atoms with Crippen LogP contribution < -0.4 is 4.74 Å². The van der Waals surface area contributed by atoms with Gasteiger partial charge in [-0.25, -0.2) is 0 Å². The van der Waals surface area contributed by atoms with Crippen LogP contribution in [0.3, 0.4) is 0 Å².